The van der Waals surface area contributed by atoms with Gasteiger partial charge >= 0.3 is 11.9 Å². The van der Waals surface area contributed by atoms with Crippen molar-refractivity contribution in [2.75, 3.05) is 20.3 Å². The molecular formula is C25H28N4O6. The Balaban J connectivity index is 1.78. The molecule has 1 aromatic heterocycles. The molecule has 2 unspecified atom stereocenters. The maximum Gasteiger partial charge on any atom is 0.344 e. The van der Waals surface area contributed by atoms with Crippen LogP contribution in [0.15, 0.2) is 60.8 Å². The summed E-state index contributed by atoms with van der Waals surface area (Å²) < 4.78 is 9.52. The van der Waals surface area contributed by atoms with Gasteiger partial charge in [-0.3, -0.25) is 14.7 Å². The number of esters is 2. The third-order valence-electron chi connectivity index (χ3n) is 5.63. The highest BCUT2D eigenvalue weighted by Gasteiger charge is 2.38. The first-order chi connectivity index (χ1) is 16.8. The Kier molecular flexibility index (Phi) is 8.69. The molecule has 10 heteroatoms. The zero-order chi connectivity index (χ0) is 25.3. The standard InChI is InChI=1S/C25H28N4O6/c1-25(16-30,24(33)35-15-22(31)34-2)13-20(27-23(32)21-14-26-29-28-21)12-17-8-10-19(11-9-17)18-6-4-3-5-7-18/h3-11,14,20,30H,12-13,15-16H2,1-2H3,(H,27,32)(H,26,28,29). The number of nitrogens with one attached hydrogen (secondary N) is 2. The van der Waals surface area contributed by atoms with Crippen molar-refractivity contribution < 1.29 is 29.0 Å². The number of hydrogen-bond donors (Lipinski definition) is 3. The Morgan fingerprint density at radius 1 is 1.09 bits per heavy atom. The molecule has 2 atom stereocenters. The number of amides is 1. The average molecular weight is 481 g/mol. The zero-order valence-corrected chi connectivity index (χ0v) is 19.6. The number of rotatable bonds is 11. The van der Waals surface area contributed by atoms with Gasteiger partial charge in [-0.15, -0.1) is 5.10 Å². The fourth-order valence-electron chi connectivity index (χ4n) is 3.61. The number of carbonyl (C=O) groups excluding carboxylic acids is 3. The van der Waals surface area contributed by atoms with Gasteiger partial charge in [0.25, 0.3) is 5.91 Å². The van der Waals surface area contributed by atoms with Crippen molar-refractivity contribution in [1.82, 2.24) is 20.7 Å². The van der Waals surface area contributed by atoms with Gasteiger partial charge < -0.3 is 19.9 Å². The number of aromatic amines is 1. The number of benzene rings is 2. The lowest BCUT2D eigenvalue weighted by Crippen LogP contribution is -2.45. The fraction of sp³-hybridized carbons (Fsp3) is 0.320. The van der Waals surface area contributed by atoms with E-state index in [2.05, 4.69) is 25.5 Å². The molecule has 10 nitrogen and oxygen atoms in total. The molecule has 0 bridgehead atoms. The van der Waals surface area contributed by atoms with E-state index >= 15 is 0 Å². The summed E-state index contributed by atoms with van der Waals surface area (Å²) in [4.78, 5) is 36.7. The monoisotopic (exact) mass is 480 g/mol. The highest BCUT2D eigenvalue weighted by Crippen LogP contribution is 2.27. The van der Waals surface area contributed by atoms with Crippen molar-refractivity contribution in [3.63, 3.8) is 0 Å². The van der Waals surface area contributed by atoms with Crippen LogP contribution in [-0.4, -0.2) is 64.7 Å². The second-order valence-corrected chi connectivity index (χ2v) is 8.38. The van der Waals surface area contributed by atoms with Crippen LogP contribution in [0.4, 0.5) is 0 Å². The molecule has 0 aliphatic heterocycles. The Morgan fingerprint density at radius 3 is 2.37 bits per heavy atom. The highest BCUT2D eigenvalue weighted by molar-refractivity contribution is 5.92. The third-order valence-corrected chi connectivity index (χ3v) is 5.63. The highest BCUT2D eigenvalue weighted by atomic mass is 16.6. The molecule has 35 heavy (non-hydrogen) atoms. The summed E-state index contributed by atoms with van der Waals surface area (Å²) in [6.07, 6.45) is 1.72. The van der Waals surface area contributed by atoms with Crippen molar-refractivity contribution in [2.45, 2.75) is 25.8 Å². The Bertz CT molecular complexity index is 1120. The van der Waals surface area contributed by atoms with E-state index < -0.39 is 42.5 Å². The number of aliphatic hydroxyl groups excluding tert-OH is 1. The smallest absolute Gasteiger partial charge is 0.344 e. The van der Waals surface area contributed by atoms with Gasteiger partial charge in [-0.25, -0.2) is 4.79 Å². The van der Waals surface area contributed by atoms with E-state index in [4.69, 9.17) is 4.74 Å². The summed E-state index contributed by atoms with van der Waals surface area (Å²) in [6, 6.07) is 17.2. The Morgan fingerprint density at radius 2 is 1.77 bits per heavy atom. The zero-order valence-electron chi connectivity index (χ0n) is 19.6. The molecule has 1 amide bonds. The molecule has 0 fully saturated rings. The molecule has 3 N–H and O–H groups in total. The number of methoxy groups -OCH3 is 1. The van der Waals surface area contributed by atoms with Crippen molar-refractivity contribution in [3.8, 4) is 11.1 Å². The van der Waals surface area contributed by atoms with E-state index in [0.29, 0.717) is 6.42 Å². The van der Waals surface area contributed by atoms with E-state index in [1.165, 1.54) is 20.2 Å². The first-order valence-electron chi connectivity index (χ1n) is 11.0. The molecule has 0 saturated heterocycles. The van der Waals surface area contributed by atoms with Gasteiger partial charge in [-0.05, 0) is 36.5 Å². The molecule has 0 saturated carbocycles. The maximum atomic E-state index is 12.7. The van der Waals surface area contributed by atoms with Crippen LogP contribution in [0.25, 0.3) is 11.1 Å². The largest absolute Gasteiger partial charge is 0.466 e. The topological polar surface area (TPSA) is 144 Å². The summed E-state index contributed by atoms with van der Waals surface area (Å²) in [5.41, 5.74) is 1.83. The molecular weight excluding hydrogens is 452 g/mol. The van der Waals surface area contributed by atoms with Gasteiger partial charge in [0.05, 0.1) is 25.3 Å². The number of hydrogen-bond acceptors (Lipinski definition) is 8. The average Bonchev–Trinajstić information content (AvgIpc) is 3.43. The van der Waals surface area contributed by atoms with Gasteiger partial charge in [-0.2, -0.15) is 0 Å². The number of aliphatic hydroxyl groups is 1. The molecule has 0 radical (unpaired) electrons. The van der Waals surface area contributed by atoms with Crippen LogP contribution in [-0.2, 0) is 25.5 Å². The SMILES string of the molecule is COC(=O)COC(=O)C(C)(CO)CC(Cc1ccc(-c2ccccc2)cc1)NC(=O)c1cnn[nH]1. The minimum absolute atomic E-state index is 0.0528. The molecule has 2 aromatic carbocycles. The second kappa shape index (κ2) is 11.9. The lowest BCUT2D eigenvalue weighted by molar-refractivity contribution is -0.166. The third kappa shape index (κ3) is 6.97. The Labute approximate surface area is 202 Å². The summed E-state index contributed by atoms with van der Waals surface area (Å²) in [5.74, 6) is -1.94. The van der Waals surface area contributed by atoms with E-state index in [0.717, 1.165) is 16.7 Å². The van der Waals surface area contributed by atoms with Crippen molar-refractivity contribution in [3.05, 3.63) is 72.1 Å². The summed E-state index contributed by atoms with van der Waals surface area (Å²) in [5, 5.41) is 22.6. The fourth-order valence-corrected chi connectivity index (χ4v) is 3.61. The van der Waals surface area contributed by atoms with E-state index in [1.807, 2.05) is 54.6 Å². The van der Waals surface area contributed by atoms with Gasteiger partial charge in [0.1, 0.15) is 5.69 Å². The minimum Gasteiger partial charge on any atom is -0.466 e. The minimum atomic E-state index is -1.37. The predicted molar refractivity (Wildman–Crippen MR) is 126 cm³/mol. The molecule has 3 rings (SSSR count). The normalized spacial score (nSPS) is 13.3. The van der Waals surface area contributed by atoms with E-state index in [9.17, 15) is 19.5 Å². The second-order valence-electron chi connectivity index (χ2n) is 8.38. The first-order valence-corrected chi connectivity index (χ1v) is 11.0. The van der Waals surface area contributed by atoms with E-state index in [1.54, 1.807) is 0 Å². The molecule has 0 aliphatic carbocycles. The molecule has 184 valence electrons. The lowest BCUT2D eigenvalue weighted by atomic mass is 9.82. The van der Waals surface area contributed by atoms with Crippen LogP contribution in [0.2, 0.25) is 0 Å². The predicted octanol–water partition coefficient (Wildman–Crippen LogP) is 1.92. The molecule has 0 aliphatic rings. The van der Waals surface area contributed by atoms with Crippen LogP contribution < -0.4 is 5.32 Å². The lowest BCUT2D eigenvalue weighted by Gasteiger charge is -2.30. The van der Waals surface area contributed by atoms with Crippen LogP contribution in [0, 0.1) is 5.41 Å². The van der Waals surface area contributed by atoms with Crippen molar-refractivity contribution >= 4 is 17.8 Å². The van der Waals surface area contributed by atoms with Crippen LogP contribution in [0.5, 0.6) is 0 Å². The van der Waals surface area contributed by atoms with Crippen LogP contribution in [0.3, 0.4) is 0 Å². The van der Waals surface area contributed by atoms with Crippen molar-refractivity contribution in [2.24, 2.45) is 5.41 Å². The number of nitrogens with zero attached hydrogens (tertiary/aromatic N) is 2. The van der Waals surface area contributed by atoms with Gasteiger partial charge in [0.15, 0.2) is 6.61 Å². The first kappa shape index (κ1) is 25.6. The summed E-state index contributed by atoms with van der Waals surface area (Å²) in [7, 11) is 1.18. The van der Waals surface area contributed by atoms with Gasteiger partial charge in [0, 0.05) is 6.04 Å². The summed E-state index contributed by atoms with van der Waals surface area (Å²) >= 11 is 0. The number of carbonyl (C=O) groups is 3. The Hall–Kier alpha value is -4.05. The van der Waals surface area contributed by atoms with Gasteiger partial charge in [-0.1, -0.05) is 59.8 Å². The van der Waals surface area contributed by atoms with Crippen LogP contribution in [0.1, 0.15) is 29.4 Å². The molecule has 3 aromatic rings. The van der Waals surface area contributed by atoms with Crippen molar-refractivity contribution in [1.29, 1.82) is 0 Å². The van der Waals surface area contributed by atoms with Gasteiger partial charge in [0.2, 0.25) is 0 Å². The number of aromatic nitrogens is 3. The quantitative estimate of drug-likeness (QED) is 0.353. The summed E-state index contributed by atoms with van der Waals surface area (Å²) in [6.45, 7) is 0.405. The van der Waals surface area contributed by atoms with E-state index in [-0.39, 0.29) is 12.1 Å². The molecule has 0 spiro atoms. The molecule has 1 heterocycles. The number of ether oxygens (including phenoxy) is 2. The maximum absolute atomic E-state index is 12.7. The number of H-pyrrole nitrogens is 1. The van der Waals surface area contributed by atoms with Crippen LogP contribution >= 0.6 is 0 Å².